The Balaban J connectivity index is 0.00000361. The van der Waals surface area contributed by atoms with E-state index in [4.69, 9.17) is 5.73 Å². The number of aliphatic imine (C=N–C) groups is 1. The zero-order chi connectivity index (χ0) is 13.9. The standard InChI is InChI=1S/C15H32N4.HI/c1-3-19(4-2)15(16)17-11-7-5-8-12-18-13-9-6-10-14-18;/h3-14H2,1-2H3,(H2,16,17);1H. The molecule has 0 radical (unpaired) electrons. The SMILES string of the molecule is CCN(CC)C(N)=NCCCCCN1CCCCC1.I. The highest BCUT2D eigenvalue weighted by molar-refractivity contribution is 14.0. The number of nitrogens with zero attached hydrogens (tertiary/aromatic N) is 3. The Morgan fingerprint density at radius 2 is 1.70 bits per heavy atom. The molecule has 0 aromatic rings. The molecule has 120 valence electrons. The molecule has 1 saturated heterocycles. The lowest BCUT2D eigenvalue weighted by atomic mass is 10.1. The van der Waals surface area contributed by atoms with Crippen LogP contribution in [-0.2, 0) is 0 Å². The molecule has 0 unspecified atom stereocenters. The van der Waals surface area contributed by atoms with Crippen molar-refractivity contribution in [2.24, 2.45) is 10.7 Å². The second-order valence-electron chi connectivity index (χ2n) is 5.38. The molecular formula is C15H33IN4. The van der Waals surface area contributed by atoms with Gasteiger partial charge >= 0.3 is 0 Å². The molecule has 0 bridgehead atoms. The highest BCUT2D eigenvalue weighted by atomic mass is 127. The van der Waals surface area contributed by atoms with Crippen LogP contribution in [0.2, 0.25) is 0 Å². The first-order valence-corrected chi connectivity index (χ1v) is 8.05. The molecule has 1 aliphatic heterocycles. The normalized spacial score (nSPS) is 16.8. The summed E-state index contributed by atoms with van der Waals surface area (Å²) in [4.78, 5) is 9.17. The fraction of sp³-hybridized carbons (Fsp3) is 0.933. The van der Waals surface area contributed by atoms with Crippen LogP contribution in [0.3, 0.4) is 0 Å². The summed E-state index contributed by atoms with van der Waals surface area (Å²) in [5.41, 5.74) is 5.94. The number of halogens is 1. The molecule has 20 heavy (non-hydrogen) atoms. The Morgan fingerprint density at radius 3 is 2.30 bits per heavy atom. The third kappa shape index (κ3) is 8.29. The molecule has 0 atom stereocenters. The quantitative estimate of drug-likeness (QED) is 0.297. The Hall–Kier alpha value is -0.0400. The van der Waals surface area contributed by atoms with Gasteiger partial charge in [0.25, 0.3) is 0 Å². The highest BCUT2D eigenvalue weighted by Crippen LogP contribution is 2.09. The molecule has 0 aromatic heterocycles. The lowest BCUT2D eigenvalue weighted by Gasteiger charge is -2.26. The number of likely N-dealkylation sites (tertiary alicyclic amines) is 1. The maximum atomic E-state index is 5.94. The summed E-state index contributed by atoms with van der Waals surface area (Å²) in [6.07, 6.45) is 7.95. The lowest BCUT2D eigenvalue weighted by molar-refractivity contribution is 0.224. The maximum absolute atomic E-state index is 5.94. The molecule has 0 saturated carbocycles. The average Bonchev–Trinajstić information content (AvgIpc) is 2.45. The van der Waals surface area contributed by atoms with E-state index in [9.17, 15) is 0 Å². The van der Waals surface area contributed by atoms with E-state index in [1.165, 1.54) is 51.7 Å². The monoisotopic (exact) mass is 396 g/mol. The van der Waals surface area contributed by atoms with E-state index in [-0.39, 0.29) is 24.0 Å². The Morgan fingerprint density at radius 1 is 1.05 bits per heavy atom. The van der Waals surface area contributed by atoms with Crippen molar-refractivity contribution in [3.63, 3.8) is 0 Å². The van der Waals surface area contributed by atoms with Gasteiger partial charge in [0.15, 0.2) is 5.96 Å². The van der Waals surface area contributed by atoms with Crippen molar-refractivity contribution < 1.29 is 0 Å². The van der Waals surface area contributed by atoms with Crippen molar-refractivity contribution in [1.82, 2.24) is 9.80 Å². The van der Waals surface area contributed by atoms with Crippen molar-refractivity contribution in [3.8, 4) is 0 Å². The lowest BCUT2D eigenvalue weighted by Crippen LogP contribution is -2.37. The number of nitrogens with two attached hydrogens (primary N) is 1. The number of hydrogen-bond donors (Lipinski definition) is 1. The minimum atomic E-state index is 0. The maximum Gasteiger partial charge on any atom is 0.191 e. The van der Waals surface area contributed by atoms with Gasteiger partial charge in [0.05, 0.1) is 0 Å². The summed E-state index contributed by atoms with van der Waals surface area (Å²) in [6.45, 7) is 10.9. The summed E-state index contributed by atoms with van der Waals surface area (Å²) in [7, 11) is 0. The molecule has 4 nitrogen and oxygen atoms in total. The third-order valence-electron chi connectivity index (χ3n) is 3.94. The van der Waals surface area contributed by atoms with E-state index in [1.807, 2.05) is 0 Å². The van der Waals surface area contributed by atoms with Crippen LogP contribution in [0, 0.1) is 0 Å². The molecular weight excluding hydrogens is 363 g/mol. The van der Waals surface area contributed by atoms with Gasteiger partial charge < -0.3 is 15.5 Å². The Labute approximate surface area is 142 Å². The van der Waals surface area contributed by atoms with Crippen molar-refractivity contribution in [2.75, 3.05) is 39.3 Å². The van der Waals surface area contributed by atoms with Crippen LogP contribution in [0.1, 0.15) is 52.4 Å². The van der Waals surface area contributed by atoms with Gasteiger partial charge in [-0.3, -0.25) is 4.99 Å². The summed E-state index contributed by atoms with van der Waals surface area (Å²) in [5, 5.41) is 0. The zero-order valence-electron chi connectivity index (χ0n) is 13.3. The average molecular weight is 396 g/mol. The first-order valence-electron chi connectivity index (χ1n) is 8.05. The molecule has 0 aromatic carbocycles. The summed E-state index contributed by atoms with van der Waals surface area (Å²) in [5.74, 6) is 0.709. The zero-order valence-corrected chi connectivity index (χ0v) is 15.6. The molecule has 0 aliphatic carbocycles. The summed E-state index contributed by atoms with van der Waals surface area (Å²) in [6, 6.07) is 0. The van der Waals surface area contributed by atoms with E-state index in [0.29, 0.717) is 5.96 Å². The predicted molar refractivity (Wildman–Crippen MR) is 99.0 cm³/mol. The van der Waals surface area contributed by atoms with Crippen LogP contribution < -0.4 is 5.73 Å². The highest BCUT2D eigenvalue weighted by Gasteiger charge is 2.08. The van der Waals surface area contributed by atoms with Crippen LogP contribution in [0.5, 0.6) is 0 Å². The van der Waals surface area contributed by atoms with Gasteiger partial charge in [0.1, 0.15) is 0 Å². The Bertz CT molecular complexity index is 248. The smallest absolute Gasteiger partial charge is 0.191 e. The van der Waals surface area contributed by atoms with Crippen molar-refractivity contribution in [3.05, 3.63) is 0 Å². The fourth-order valence-electron chi connectivity index (χ4n) is 2.65. The van der Waals surface area contributed by atoms with Gasteiger partial charge in [0.2, 0.25) is 0 Å². The molecule has 0 spiro atoms. The van der Waals surface area contributed by atoms with Crippen LogP contribution in [-0.4, -0.2) is 55.0 Å². The first kappa shape index (κ1) is 20.0. The van der Waals surface area contributed by atoms with Crippen LogP contribution in [0.4, 0.5) is 0 Å². The topological polar surface area (TPSA) is 44.9 Å². The van der Waals surface area contributed by atoms with Crippen LogP contribution in [0.15, 0.2) is 4.99 Å². The first-order chi connectivity index (χ1) is 9.27. The predicted octanol–water partition coefficient (Wildman–Crippen LogP) is 2.92. The van der Waals surface area contributed by atoms with Gasteiger partial charge in [-0.2, -0.15) is 0 Å². The van der Waals surface area contributed by atoms with Gasteiger partial charge in [-0.15, -0.1) is 24.0 Å². The molecule has 1 heterocycles. The largest absolute Gasteiger partial charge is 0.370 e. The van der Waals surface area contributed by atoms with E-state index in [1.54, 1.807) is 0 Å². The Kier molecular flexibility index (Phi) is 12.7. The van der Waals surface area contributed by atoms with Crippen LogP contribution in [0.25, 0.3) is 0 Å². The number of hydrogen-bond acceptors (Lipinski definition) is 2. The van der Waals surface area contributed by atoms with Gasteiger partial charge in [-0.25, -0.2) is 0 Å². The number of unbranched alkanes of at least 4 members (excludes halogenated alkanes) is 2. The molecule has 1 fully saturated rings. The fourth-order valence-corrected chi connectivity index (χ4v) is 2.65. The van der Waals surface area contributed by atoms with Gasteiger partial charge in [0, 0.05) is 19.6 Å². The molecule has 0 amide bonds. The van der Waals surface area contributed by atoms with Gasteiger partial charge in [-0.05, 0) is 59.2 Å². The van der Waals surface area contributed by atoms with Crippen molar-refractivity contribution in [2.45, 2.75) is 52.4 Å². The molecule has 5 heteroatoms. The molecule has 2 N–H and O–H groups in total. The third-order valence-corrected chi connectivity index (χ3v) is 3.94. The number of guanidine groups is 1. The summed E-state index contributed by atoms with van der Waals surface area (Å²) >= 11 is 0. The number of piperidine rings is 1. The van der Waals surface area contributed by atoms with E-state index >= 15 is 0 Å². The van der Waals surface area contributed by atoms with Gasteiger partial charge in [-0.1, -0.05) is 12.8 Å². The second-order valence-corrected chi connectivity index (χ2v) is 5.38. The van der Waals surface area contributed by atoms with Crippen molar-refractivity contribution >= 4 is 29.9 Å². The van der Waals surface area contributed by atoms with Crippen molar-refractivity contribution in [1.29, 1.82) is 0 Å². The van der Waals surface area contributed by atoms with Crippen LogP contribution >= 0.6 is 24.0 Å². The second kappa shape index (κ2) is 12.7. The minimum Gasteiger partial charge on any atom is -0.370 e. The van der Waals surface area contributed by atoms with E-state index in [0.717, 1.165) is 26.1 Å². The molecule has 1 aliphatic rings. The minimum absolute atomic E-state index is 0. The summed E-state index contributed by atoms with van der Waals surface area (Å²) < 4.78 is 0. The van der Waals surface area contributed by atoms with E-state index in [2.05, 4.69) is 28.6 Å². The van der Waals surface area contributed by atoms with E-state index < -0.39 is 0 Å². The molecule has 1 rings (SSSR count). The number of rotatable bonds is 8.